The summed E-state index contributed by atoms with van der Waals surface area (Å²) in [5, 5.41) is 3.61. The molecule has 0 heterocycles. The monoisotopic (exact) mass is 274 g/mol. The molecule has 1 N–H and O–H groups in total. The Morgan fingerprint density at radius 3 is 2.35 bits per heavy atom. The Morgan fingerprint density at radius 2 is 1.75 bits per heavy atom. The largest absolute Gasteiger partial charge is 0.371 e. The molecule has 1 aliphatic rings. The van der Waals surface area contributed by atoms with Crippen LogP contribution < -0.4 is 10.2 Å². The fourth-order valence-corrected chi connectivity index (χ4v) is 3.51. The van der Waals surface area contributed by atoms with Crippen molar-refractivity contribution in [2.24, 2.45) is 5.41 Å². The summed E-state index contributed by atoms with van der Waals surface area (Å²) in [7, 11) is 0. The van der Waals surface area contributed by atoms with Gasteiger partial charge in [0.15, 0.2) is 0 Å². The number of nitrogens with one attached hydrogen (secondary N) is 1. The molecule has 1 saturated carbocycles. The van der Waals surface area contributed by atoms with E-state index in [0.717, 1.165) is 13.1 Å². The minimum absolute atomic E-state index is 0.472. The third-order valence-electron chi connectivity index (χ3n) is 4.69. The lowest BCUT2D eigenvalue weighted by Crippen LogP contribution is -2.45. The highest BCUT2D eigenvalue weighted by atomic mass is 15.1. The van der Waals surface area contributed by atoms with Crippen LogP contribution in [0.4, 0.5) is 5.69 Å². The number of anilines is 1. The van der Waals surface area contributed by atoms with Crippen molar-refractivity contribution >= 4 is 5.69 Å². The summed E-state index contributed by atoms with van der Waals surface area (Å²) >= 11 is 0. The Hall–Kier alpha value is -1.02. The highest BCUT2D eigenvalue weighted by molar-refractivity contribution is 5.46. The van der Waals surface area contributed by atoms with E-state index in [2.05, 4.69) is 54.4 Å². The van der Waals surface area contributed by atoms with Gasteiger partial charge in [-0.2, -0.15) is 0 Å². The average molecular weight is 274 g/mol. The zero-order chi connectivity index (χ0) is 14.3. The van der Waals surface area contributed by atoms with Gasteiger partial charge in [-0.1, -0.05) is 44.4 Å². The van der Waals surface area contributed by atoms with E-state index < -0.39 is 0 Å². The first-order valence-corrected chi connectivity index (χ1v) is 8.30. The highest BCUT2D eigenvalue weighted by Gasteiger charge is 2.33. The van der Waals surface area contributed by atoms with Gasteiger partial charge in [0.25, 0.3) is 0 Å². The summed E-state index contributed by atoms with van der Waals surface area (Å²) < 4.78 is 0. The van der Waals surface area contributed by atoms with Crippen molar-refractivity contribution in [1.82, 2.24) is 5.32 Å². The summed E-state index contributed by atoms with van der Waals surface area (Å²) in [5.41, 5.74) is 1.84. The lowest BCUT2D eigenvalue weighted by Gasteiger charge is -2.42. The summed E-state index contributed by atoms with van der Waals surface area (Å²) in [6.07, 6.45) is 6.98. The van der Waals surface area contributed by atoms with Crippen molar-refractivity contribution in [2.75, 3.05) is 31.1 Å². The number of hydrogen-bond donors (Lipinski definition) is 1. The van der Waals surface area contributed by atoms with Crippen molar-refractivity contribution in [3.8, 4) is 0 Å². The van der Waals surface area contributed by atoms with Gasteiger partial charge in [-0.3, -0.25) is 0 Å². The van der Waals surface area contributed by atoms with Crippen LogP contribution in [0.15, 0.2) is 30.3 Å². The van der Waals surface area contributed by atoms with Crippen molar-refractivity contribution in [1.29, 1.82) is 0 Å². The molecule has 1 fully saturated rings. The van der Waals surface area contributed by atoms with Crippen LogP contribution in [0.1, 0.15) is 46.0 Å². The molecule has 2 nitrogen and oxygen atoms in total. The second-order valence-corrected chi connectivity index (χ2v) is 6.19. The Bertz CT molecular complexity index is 368. The predicted molar refractivity (Wildman–Crippen MR) is 88.4 cm³/mol. The molecule has 2 heteroatoms. The lowest BCUT2D eigenvalue weighted by atomic mass is 9.73. The molecule has 0 unspecified atom stereocenters. The van der Waals surface area contributed by atoms with E-state index in [0.29, 0.717) is 5.41 Å². The van der Waals surface area contributed by atoms with E-state index in [1.807, 2.05) is 0 Å². The maximum Gasteiger partial charge on any atom is 0.0366 e. The van der Waals surface area contributed by atoms with Gasteiger partial charge >= 0.3 is 0 Å². The summed E-state index contributed by atoms with van der Waals surface area (Å²) in [6.45, 7) is 9.03. The maximum absolute atomic E-state index is 3.61. The van der Waals surface area contributed by atoms with E-state index in [1.165, 1.54) is 50.9 Å². The molecule has 1 aromatic carbocycles. The minimum atomic E-state index is 0.472. The molecule has 0 atom stereocenters. The first kappa shape index (κ1) is 15.4. The topological polar surface area (TPSA) is 15.3 Å². The smallest absolute Gasteiger partial charge is 0.0366 e. The molecule has 2 rings (SSSR count). The van der Waals surface area contributed by atoms with Gasteiger partial charge in [-0.05, 0) is 38.4 Å². The summed E-state index contributed by atoms with van der Waals surface area (Å²) in [4.78, 5) is 2.56. The van der Waals surface area contributed by atoms with Crippen LogP contribution in [0.5, 0.6) is 0 Å². The average Bonchev–Trinajstić information content (AvgIpc) is 2.53. The normalized spacial score (nSPS) is 17.9. The fraction of sp³-hybridized carbons (Fsp3) is 0.667. The molecular formula is C18H30N2. The van der Waals surface area contributed by atoms with Crippen LogP contribution in [-0.4, -0.2) is 26.2 Å². The number of hydrogen-bond acceptors (Lipinski definition) is 2. The van der Waals surface area contributed by atoms with Crippen LogP contribution in [-0.2, 0) is 0 Å². The van der Waals surface area contributed by atoms with Crippen LogP contribution in [0.2, 0.25) is 0 Å². The van der Waals surface area contributed by atoms with Gasteiger partial charge in [0.2, 0.25) is 0 Å². The minimum Gasteiger partial charge on any atom is -0.371 e. The van der Waals surface area contributed by atoms with Gasteiger partial charge in [-0.15, -0.1) is 0 Å². The molecule has 0 saturated heterocycles. The fourth-order valence-electron chi connectivity index (χ4n) is 3.51. The molecule has 0 aromatic heterocycles. The van der Waals surface area contributed by atoms with Gasteiger partial charge in [-0.25, -0.2) is 0 Å². The van der Waals surface area contributed by atoms with Gasteiger partial charge in [0, 0.05) is 30.7 Å². The third kappa shape index (κ3) is 3.99. The summed E-state index contributed by atoms with van der Waals surface area (Å²) in [5.74, 6) is 0. The number of benzene rings is 1. The molecule has 20 heavy (non-hydrogen) atoms. The van der Waals surface area contributed by atoms with E-state index in [1.54, 1.807) is 0 Å². The first-order chi connectivity index (χ1) is 9.79. The SMILES string of the molecule is CCNCC1(CN(CC)c2ccccc2)CCCCC1. The molecule has 1 aliphatic carbocycles. The lowest BCUT2D eigenvalue weighted by molar-refractivity contribution is 0.189. The predicted octanol–water partition coefficient (Wildman–Crippen LogP) is 4.07. The van der Waals surface area contributed by atoms with Crippen molar-refractivity contribution in [3.63, 3.8) is 0 Å². The zero-order valence-electron chi connectivity index (χ0n) is 13.2. The molecule has 112 valence electrons. The van der Waals surface area contributed by atoms with Crippen molar-refractivity contribution in [2.45, 2.75) is 46.0 Å². The van der Waals surface area contributed by atoms with Crippen LogP contribution in [0.3, 0.4) is 0 Å². The van der Waals surface area contributed by atoms with Gasteiger partial charge in [0.1, 0.15) is 0 Å². The Morgan fingerprint density at radius 1 is 1.05 bits per heavy atom. The molecule has 1 aromatic rings. The van der Waals surface area contributed by atoms with E-state index in [-0.39, 0.29) is 0 Å². The first-order valence-electron chi connectivity index (χ1n) is 8.30. The number of nitrogens with zero attached hydrogens (tertiary/aromatic N) is 1. The molecule has 0 aliphatic heterocycles. The second kappa shape index (κ2) is 7.68. The van der Waals surface area contributed by atoms with Crippen LogP contribution in [0.25, 0.3) is 0 Å². The Kier molecular flexibility index (Phi) is 5.90. The van der Waals surface area contributed by atoms with Crippen LogP contribution in [0, 0.1) is 5.41 Å². The molecule has 0 radical (unpaired) electrons. The number of rotatable bonds is 7. The van der Waals surface area contributed by atoms with E-state index in [9.17, 15) is 0 Å². The van der Waals surface area contributed by atoms with Gasteiger partial charge in [0.05, 0.1) is 0 Å². The quantitative estimate of drug-likeness (QED) is 0.806. The Labute approximate surface area is 124 Å². The van der Waals surface area contributed by atoms with Crippen molar-refractivity contribution in [3.05, 3.63) is 30.3 Å². The van der Waals surface area contributed by atoms with Gasteiger partial charge < -0.3 is 10.2 Å². The maximum atomic E-state index is 3.61. The summed E-state index contributed by atoms with van der Waals surface area (Å²) in [6, 6.07) is 10.9. The molecule has 0 spiro atoms. The Balaban J connectivity index is 2.08. The highest BCUT2D eigenvalue weighted by Crippen LogP contribution is 2.37. The molecule has 0 bridgehead atoms. The third-order valence-corrected chi connectivity index (χ3v) is 4.69. The second-order valence-electron chi connectivity index (χ2n) is 6.19. The molecule has 0 amide bonds. The van der Waals surface area contributed by atoms with Crippen LogP contribution >= 0.6 is 0 Å². The molecular weight excluding hydrogens is 244 g/mol. The van der Waals surface area contributed by atoms with E-state index >= 15 is 0 Å². The zero-order valence-corrected chi connectivity index (χ0v) is 13.2. The van der Waals surface area contributed by atoms with E-state index in [4.69, 9.17) is 0 Å². The number of para-hydroxylation sites is 1. The van der Waals surface area contributed by atoms with Crippen molar-refractivity contribution < 1.29 is 0 Å². The standard InChI is InChI=1S/C18H30N2/c1-3-19-15-18(13-9-6-10-14-18)16-20(4-2)17-11-7-5-8-12-17/h5,7-8,11-12,19H,3-4,6,9-10,13-16H2,1-2H3.